The predicted molar refractivity (Wildman–Crippen MR) is 78.4 cm³/mol. The molecule has 0 unspecified atom stereocenters. The smallest absolute Gasteiger partial charge is 0.262 e. The maximum absolute atomic E-state index is 12.1. The number of benzene rings is 1. The number of amides is 1. The van der Waals surface area contributed by atoms with Crippen LogP contribution < -0.4 is 5.32 Å². The summed E-state index contributed by atoms with van der Waals surface area (Å²) in [7, 11) is 0. The zero-order chi connectivity index (χ0) is 13.9. The quantitative estimate of drug-likeness (QED) is 0.901. The summed E-state index contributed by atoms with van der Waals surface area (Å²) in [4.78, 5) is 12.8. The number of carbonyl (C=O) groups excluding carboxylic acids is 1. The van der Waals surface area contributed by atoms with Gasteiger partial charge in [0.25, 0.3) is 5.91 Å². The first-order valence-electron chi connectivity index (χ1n) is 6.11. The summed E-state index contributed by atoms with van der Waals surface area (Å²) in [5.74, 6) is -0.143. The van der Waals surface area contributed by atoms with Crippen LogP contribution in [0.4, 0.5) is 0 Å². The molecule has 2 N–H and O–H groups in total. The second-order valence-corrected chi connectivity index (χ2v) is 5.94. The summed E-state index contributed by atoms with van der Waals surface area (Å²) in [6.07, 6.45) is 0. The number of thiophene rings is 1. The average molecular weight is 275 g/mol. The van der Waals surface area contributed by atoms with Crippen LogP contribution in [0, 0.1) is 0 Å². The average Bonchev–Trinajstić information content (AvgIpc) is 2.85. The molecule has 19 heavy (non-hydrogen) atoms. The minimum absolute atomic E-state index is 0.143. The summed E-state index contributed by atoms with van der Waals surface area (Å²) < 4.78 is 0. The Hall–Kier alpha value is -1.65. The molecule has 1 heterocycles. The number of carbonyl (C=O) groups is 1. The van der Waals surface area contributed by atoms with Crippen LogP contribution in [0.3, 0.4) is 0 Å². The Labute approximate surface area is 116 Å². The monoisotopic (exact) mass is 275 g/mol. The van der Waals surface area contributed by atoms with Crippen LogP contribution in [0.5, 0.6) is 0 Å². The van der Waals surface area contributed by atoms with E-state index in [1.54, 1.807) is 13.8 Å². The molecule has 4 heteroatoms. The third-order valence-corrected chi connectivity index (χ3v) is 3.55. The van der Waals surface area contributed by atoms with Gasteiger partial charge in [-0.15, -0.1) is 11.3 Å². The van der Waals surface area contributed by atoms with Crippen LogP contribution in [-0.2, 0) is 0 Å². The van der Waals surface area contributed by atoms with Crippen LogP contribution in [0.1, 0.15) is 23.5 Å². The molecule has 0 spiro atoms. The molecular formula is C15H17NO2S. The van der Waals surface area contributed by atoms with Gasteiger partial charge in [0.2, 0.25) is 0 Å². The minimum Gasteiger partial charge on any atom is -0.389 e. The SMILES string of the molecule is CC(C)(O)CNC(=O)c1sccc1-c1ccccc1. The van der Waals surface area contributed by atoms with E-state index < -0.39 is 5.60 Å². The van der Waals surface area contributed by atoms with E-state index in [-0.39, 0.29) is 12.5 Å². The number of hydrogen-bond donors (Lipinski definition) is 2. The molecule has 2 rings (SSSR count). The van der Waals surface area contributed by atoms with Crippen molar-refractivity contribution in [3.63, 3.8) is 0 Å². The summed E-state index contributed by atoms with van der Waals surface area (Å²) in [6, 6.07) is 11.8. The Balaban J connectivity index is 2.18. The van der Waals surface area contributed by atoms with Gasteiger partial charge in [-0.3, -0.25) is 4.79 Å². The molecule has 0 fully saturated rings. The lowest BCUT2D eigenvalue weighted by atomic mass is 10.1. The van der Waals surface area contributed by atoms with Gasteiger partial charge in [0.15, 0.2) is 0 Å². The molecule has 0 aliphatic heterocycles. The van der Waals surface area contributed by atoms with E-state index in [1.807, 2.05) is 41.8 Å². The number of aliphatic hydroxyl groups is 1. The number of nitrogens with one attached hydrogen (secondary N) is 1. The third kappa shape index (κ3) is 3.66. The van der Waals surface area contributed by atoms with Gasteiger partial charge in [-0.25, -0.2) is 0 Å². The van der Waals surface area contributed by atoms with Crippen molar-refractivity contribution in [1.82, 2.24) is 5.32 Å². The van der Waals surface area contributed by atoms with Crippen molar-refractivity contribution < 1.29 is 9.90 Å². The molecule has 0 saturated heterocycles. The van der Waals surface area contributed by atoms with Gasteiger partial charge in [-0.1, -0.05) is 30.3 Å². The van der Waals surface area contributed by atoms with Gasteiger partial charge in [-0.2, -0.15) is 0 Å². The Morgan fingerprint density at radius 1 is 1.26 bits per heavy atom. The Morgan fingerprint density at radius 3 is 2.58 bits per heavy atom. The van der Waals surface area contributed by atoms with Crippen molar-refractivity contribution in [2.45, 2.75) is 19.4 Å². The maximum atomic E-state index is 12.1. The van der Waals surface area contributed by atoms with Gasteiger partial charge >= 0.3 is 0 Å². The highest BCUT2D eigenvalue weighted by Gasteiger charge is 2.18. The largest absolute Gasteiger partial charge is 0.389 e. The molecule has 0 aliphatic carbocycles. The van der Waals surface area contributed by atoms with E-state index in [9.17, 15) is 9.90 Å². The molecule has 1 aromatic heterocycles. The van der Waals surface area contributed by atoms with E-state index in [1.165, 1.54) is 11.3 Å². The molecule has 0 saturated carbocycles. The predicted octanol–water partition coefficient (Wildman–Crippen LogP) is 2.92. The maximum Gasteiger partial charge on any atom is 0.262 e. The molecular weight excluding hydrogens is 258 g/mol. The van der Waals surface area contributed by atoms with Crippen molar-refractivity contribution in [2.24, 2.45) is 0 Å². The summed E-state index contributed by atoms with van der Waals surface area (Å²) >= 11 is 1.41. The molecule has 1 amide bonds. The molecule has 3 nitrogen and oxygen atoms in total. The Kier molecular flexibility index (Phi) is 4.02. The molecule has 100 valence electrons. The van der Waals surface area contributed by atoms with Crippen molar-refractivity contribution >= 4 is 17.2 Å². The van der Waals surface area contributed by atoms with Crippen LogP contribution in [0.2, 0.25) is 0 Å². The summed E-state index contributed by atoms with van der Waals surface area (Å²) in [5.41, 5.74) is 1.05. The normalized spacial score (nSPS) is 11.3. The second-order valence-electron chi connectivity index (χ2n) is 5.02. The fourth-order valence-electron chi connectivity index (χ4n) is 1.71. The standard InChI is InChI=1S/C15H17NO2S/c1-15(2,18)10-16-14(17)13-12(8-9-19-13)11-6-4-3-5-7-11/h3-9,18H,10H2,1-2H3,(H,16,17). The highest BCUT2D eigenvalue weighted by molar-refractivity contribution is 7.12. The van der Waals surface area contributed by atoms with Gasteiger partial charge in [0.05, 0.1) is 10.5 Å². The topological polar surface area (TPSA) is 49.3 Å². The highest BCUT2D eigenvalue weighted by atomic mass is 32.1. The molecule has 2 aromatic rings. The number of hydrogen-bond acceptors (Lipinski definition) is 3. The lowest BCUT2D eigenvalue weighted by molar-refractivity contribution is 0.0696. The lowest BCUT2D eigenvalue weighted by Gasteiger charge is -2.17. The lowest BCUT2D eigenvalue weighted by Crippen LogP contribution is -2.38. The third-order valence-electron chi connectivity index (χ3n) is 2.64. The molecule has 0 radical (unpaired) electrons. The Bertz CT molecular complexity index is 555. The van der Waals surface area contributed by atoms with Crippen molar-refractivity contribution in [3.05, 3.63) is 46.7 Å². The first-order valence-corrected chi connectivity index (χ1v) is 6.99. The van der Waals surface area contributed by atoms with Crippen molar-refractivity contribution in [2.75, 3.05) is 6.54 Å². The van der Waals surface area contributed by atoms with E-state index in [0.29, 0.717) is 4.88 Å². The van der Waals surface area contributed by atoms with Crippen LogP contribution >= 0.6 is 11.3 Å². The van der Waals surface area contributed by atoms with E-state index >= 15 is 0 Å². The summed E-state index contributed by atoms with van der Waals surface area (Å²) in [6.45, 7) is 3.57. The van der Waals surface area contributed by atoms with Gasteiger partial charge in [0, 0.05) is 12.1 Å². The van der Waals surface area contributed by atoms with Crippen LogP contribution in [0.25, 0.3) is 11.1 Å². The minimum atomic E-state index is -0.903. The van der Waals surface area contributed by atoms with Crippen LogP contribution in [0.15, 0.2) is 41.8 Å². The second kappa shape index (κ2) is 5.55. The summed E-state index contributed by atoms with van der Waals surface area (Å²) in [5, 5.41) is 14.3. The first kappa shape index (κ1) is 13.8. The van der Waals surface area contributed by atoms with Crippen LogP contribution in [-0.4, -0.2) is 23.2 Å². The van der Waals surface area contributed by atoms with E-state index in [2.05, 4.69) is 5.32 Å². The molecule has 1 aromatic carbocycles. The fraction of sp³-hybridized carbons (Fsp3) is 0.267. The molecule has 0 aliphatic rings. The fourth-order valence-corrected chi connectivity index (χ4v) is 2.54. The van der Waals surface area contributed by atoms with Crippen molar-refractivity contribution in [1.29, 1.82) is 0 Å². The zero-order valence-electron chi connectivity index (χ0n) is 11.0. The zero-order valence-corrected chi connectivity index (χ0v) is 11.8. The van der Waals surface area contributed by atoms with Crippen molar-refractivity contribution in [3.8, 4) is 11.1 Å². The molecule has 0 bridgehead atoms. The van der Waals surface area contributed by atoms with E-state index in [4.69, 9.17) is 0 Å². The molecule has 0 atom stereocenters. The van der Waals surface area contributed by atoms with Gasteiger partial charge in [0.1, 0.15) is 0 Å². The Morgan fingerprint density at radius 2 is 1.95 bits per heavy atom. The van der Waals surface area contributed by atoms with Gasteiger partial charge in [-0.05, 0) is 30.9 Å². The highest BCUT2D eigenvalue weighted by Crippen LogP contribution is 2.28. The van der Waals surface area contributed by atoms with E-state index in [0.717, 1.165) is 11.1 Å². The number of rotatable bonds is 4. The van der Waals surface area contributed by atoms with Gasteiger partial charge < -0.3 is 10.4 Å². The first-order chi connectivity index (χ1) is 8.97.